The molecule has 0 amide bonds. The van der Waals surface area contributed by atoms with Gasteiger partial charge >= 0.3 is 0 Å². The summed E-state index contributed by atoms with van der Waals surface area (Å²) >= 11 is 1.55. The Morgan fingerprint density at radius 3 is 2.88 bits per heavy atom. The van der Waals surface area contributed by atoms with Crippen molar-refractivity contribution in [2.75, 3.05) is 6.61 Å². The molecule has 1 aliphatic heterocycles. The summed E-state index contributed by atoms with van der Waals surface area (Å²) < 4.78 is 18.7. The fraction of sp³-hybridized carbons (Fsp3) is 0.312. The molecule has 0 N–H and O–H groups in total. The van der Waals surface area contributed by atoms with Crippen molar-refractivity contribution in [2.24, 2.45) is 7.05 Å². The Labute approximate surface area is 143 Å². The van der Waals surface area contributed by atoms with Crippen LogP contribution in [0.5, 0.6) is 11.5 Å². The maximum absolute atomic E-state index is 5.99. The number of thioether (sulfide) groups is 1. The molecule has 0 radical (unpaired) electrons. The molecular weight excluding hydrogens is 328 g/mol. The van der Waals surface area contributed by atoms with Crippen molar-refractivity contribution in [2.45, 2.75) is 23.9 Å². The van der Waals surface area contributed by atoms with Crippen molar-refractivity contribution in [1.29, 1.82) is 0 Å². The third-order valence-electron chi connectivity index (χ3n) is 3.69. The van der Waals surface area contributed by atoms with Gasteiger partial charge in [-0.15, -0.1) is 10.2 Å². The minimum Gasteiger partial charge on any atom is -0.485 e. The summed E-state index contributed by atoms with van der Waals surface area (Å²) in [6.45, 7) is 2.29. The Morgan fingerprint density at radius 1 is 1.25 bits per heavy atom. The Morgan fingerprint density at radius 2 is 2.08 bits per heavy atom. The van der Waals surface area contributed by atoms with E-state index in [9.17, 15) is 0 Å². The predicted octanol–water partition coefficient (Wildman–Crippen LogP) is 2.92. The van der Waals surface area contributed by atoms with Gasteiger partial charge in [0, 0.05) is 18.9 Å². The maximum Gasteiger partial charge on any atom is 0.192 e. The minimum absolute atomic E-state index is 0.277. The molecule has 4 rings (SSSR count). The van der Waals surface area contributed by atoms with E-state index in [4.69, 9.17) is 14.0 Å². The van der Waals surface area contributed by atoms with Crippen molar-refractivity contribution in [3.63, 3.8) is 0 Å². The first-order valence-corrected chi connectivity index (χ1v) is 8.52. The lowest BCUT2D eigenvalue weighted by atomic mass is 10.2. The molecule has 0 bridgehead atoms. The first kappa shape index (κ1) is 15.1. The van der Waals surface area contributed by atoms with Gasteiger partial charge in [0.15, 0.2) is 28.6 Å². The SMILES string of the molecule is Cc1cc(CSc2nnc([C@H]3COc4ccccc4O3)n2C)no1. The van der Waals surface area contributed by atoms with Crippen LogP contribution < -0.4 is 9.47 Å². The molecule has 3 aromatic rings. The molecule has 1 aromatic carbocycles. The van der Waals surface area contributed by atoms with Crippen LogP contribution in [-0.4, -0.2) is 26.5 Å². The fourth-order valence-corrected chi connectivity index (χ4v) is 3.30. The van der Waals surface area contributed by atoms with Crippen molar-refractivity contribution in [3.05, 3.63) is 47.6 Å². The van der Waals surface area contributed by atoms with Crippen LogP contribution in [0.2, 0.25) is 0 Å². The standard InChI is InChI=1S/C16H16N4O3S/c1-10-7-11(19-23-10)9-24-16-18-17-15(20(16)2)14-8-21-12-5-3-4-6-13(12)22-14/h3-7,14H,8-9H2,1-2H3/t14-/m1/s1. The summed E-state index contributed by atoms with van der Waals surface area (Å²) in [5.74, 6) is 3.70. The molecule has 0 spiro atoms. The largest absolute Gasteiger partial charge is 0.485 e. The second kappa shape index (κ2) is 6.20. The van der Waals surface area contributed by atoms with Gasteiger partial charge in [-0.3, -0.25) is 0 Å². The van der Waals surface area contributed by atoms with E-state index in [0.717, 1.165) is 33.9 Å². The Bertz CT molecular complexity index is 861. The van der Waals surface area contributed by atoms with Crippen LogP contribution in [0.3, 0.4) is 0 Å². The first-order chi connectivity index (χ1) is 11.7. The number of rotatable bonds is 4. The fourth-order valence-electron chi connectivity index (χ4n) is 2.50. The molecule has 3 heterocycles. The molecule has 0 saturated carbocycles. The lowest BCUT2D eigenvalue weighted by Gasteiger charge is -2.25. The number of fused-ring (bicyclic) bond motifs is 1. The molecule has 2 aromatic heterocycles. The highest BCUT2D eigenvalue weighted by atomic mass is 32.2. The van der Waals surface area contributed by atoms with Gasteiger partial charge in [0.25, 0.3) is 0 Å². The number of aromatic nitrogens is 4. The second-order valence-electron chi connectivity index (χ2n) is 5.48. The van der Waals surface area contributed by atoms with Crippen molar-refractivity contribution >= 4 is 11.8 Å². The van der Waals surface area contributed by atoms with Gasteiger partial charge in [-0.2, -0.15) is 0 Å². The van der Waals surface area contributed by atoms with Gasteiger partial charge in [-0.25, -0.2) is 0 Å². The van der Waals surface area contributed by atoms with E-state index < -0.39 is 0 Å². The van der Waals surface area contributed by atoms with Gasteiger partial charge in [0.2, 0.25) is 0 Å². The highest BCUT2D eigenvalue weighted by molar-refractivity contribution is 7.98. The van der Waals surface area contributed by atoms with Crippen LogP contribution in [-0.2, 0) is 12.8 Å². The molecule has 1 atom stereocenters. The molecule has 0 saturated heterocycles. The molecule has 24 heavy (non-hydrogen) atoms. The van der Waals surface area contributed by atoms with E-state index in [1.54, 1.807) is 11.8 Å². The molecule has 0 aliphatic carbocycles. The average Bonchev–Trinajstić information content (AvgIpc) is 3.18. The number of hydrogen-bond donors (Lipinski definition) is 0. The van der Waals surface area contributed by atoms with Crippen molar-refractivity contribution in [1.82, 2.24) is 19.9 Å². The molecular formula is C16H16N4O3S. The van der Waals surface area contributed by atoms with Gasteiger partial charge in [-0.1, -0.05) is 29.1 Å². The Hall–Kier alpha value is -2.48. The highest BCUT2D eigenvalue weighted by Gasteiger charge is 2.27. The minimum atomic E-state index is -0.277. The third-order valence-corrected chi connectivity index (χ3v) is 4.74. The number of nitrogens with zero attached hydrogens (tertiary/aromatic N) is 4. The highest BCUT2D eigenvalue weighted by Crippen LogP contribution is 2.35. The molecule has 0 fully saturated rings. The number of para-hydroxylation sites is 2. The summed E-state index contributed by atoms with van der Waals surface area (Å²) in [5, 5.41) is 13.3. The summed E-state index contributed by atoms with van der Waals surface area (Å²) in [7, 11) is 1.93. The lowest BCUT2D eigenvalue weighted by Crippen LogP contribution is -2.24. The third kappa shape index (κ3) is 2.84. The van der Waals surface area contributed by atoms with Crippen LogP contribution in [0.1, 0.15) is 23.4 Å². The summed E-state index contributed by atoms with van der Waals surface area (Å²) in [6, 6.07) is 9.54. The Balaban J connectivity index is 1.48. The summed E-state index contributed by atoms with van der Waals surface area (Å²) in [5.41, 5.74) is 0.883. The zero-order valence-electron chi connectivity index (χ0n) is 13.3. The van der Waals surface area contributed by atoms with E-state index in [-0.39, 0.29) is 6.10 Å². The van der Waals surface area contributed by atoms with E-state index in [1.165, 1.54) is 0 Å². The number of ether oxygens (including phenoxy) is 2. The topological polar surface area (TPSA) is 75.2 Å². The molecule has 8 heteroatoms. The van der Waals surface area contributed by atoms with E-state index in [1.807, 2.05) is 48.9 Å². The average molecular weight is 344 g/mol. The zero-order valence-corrected chi connectivity index (χ0v) is 14.1. The zero-order chi connectivity index (χ0) is 16.5. The van der Waals surface area contributed by atoms with Crippen molar-refractivity contribution in [3.8, 4) is 11.5 Å². The van der Waals surface area contributed by atoms with Gasteiger partial charge in [0.05, 0.1) is 5.69 Å². The second-order valence-corrected chi connectivity index (χ2v) is 6.42. The lowest BCUT2D eigenvalue weighted by molar-refractivity contribution is 0.0825. The maximum atomic E-state index is 5.99. The van der Waals surface area contributed by atoms with E-state index in [0.29, 0.717) is 12.4 Å². The normalized spacial score (nSPS) is 16.3. The van der Waals surface area contributed by atoms with Crippen LogP contribution in [0, 0.1) is 6.92 Å². The van der Waals surface area contributed by atoms with Gasteiger partial charge < -0.3 is 18.6 Å². The van der Waals surface area contributed by atoms with Crippen molar-refractivity contribution < 1.29 is 14.0 Å². The van der Waals surface area contributed by atoms with Crippen LogP contribution >= 0.6 is 11.8 Å². The molecule has 0 unspecified atom stereocenters. The van der Waals surface area contributed by atoms with E-state index in [2.05, 4.69) is 15.4 Å². The molecule has 7 nitrogen and oxygen atoms in total. The van der Waals surface area contributed by atoms with E-state index >= 15 is 0 Å². The number of hydrogen-bond acceptors (Lipinski definition) is 7. The smallest absolute Gasteiger partial charge is 0.192 e. The monoisotopic (exact) mass is 344 g/mol. The predicted molar refractivity (Wildman–Crippen MR) is 87.1 cm³/mol. The van der Waals surface area contributed by atoms with Crippen LogP contribution in [0.15, 0.2) is 40.0 Å². The molecule has 1 aliphatic rings. The van der Waals surface area contributed by atoms with Crippen LogP contribution in [0.4, 0.5) is 0 Å². The molecule has 124 valence electrons. The van der Waals surface area contributed by atoms with Gasteiger partial charge in [0.1, 0.15) is 12.4 Å². The quantitative estimate of drug-likeness (QED) is 0.674. The summed E-state index contributed by atoms with van der Waals surface area (Å²) in [4.78, 5) is 0. The van der Waals surface area contributed by atoms with Gasteiger partial charge in [-0.05, 0) is 19.1 Å². The Kier molecular flexibility index (Phi) is 3.89. The number of benzene rings is 1. The number of aryl methyl sites for hydroxylation is 1. The van der Waals surface area contributed by atoms with Crippen LogP contribution in [0.25, 0.3) is 0 Å². The first-order valence-electron chi connectivity index (χ1n) is 7.53. The summed E-state index contributed by atoms with van der Waals surface area (Å²) in [6.07, 6.45) is -0.277.